The lowest BCUT2D eigenvalue weighted by atomic mass is 10.0. The molecule has 0 aliphatic carbocycles. The van der Waals surface area contributed by atoms with Gasteiger partial charge in [0.1, 0.15) is 11.4 Å². The summed E-state index contributed by atoms with van der Waals surface area (Å²) in [5.74, 6) is 0.775. The maximum absolute atomic E-state index is 13.6. The molecule has 2 aromatic carbocycles. The van der Waals surface area contributed by atoms with Crippen molar-refractivity contribution < 1.29 is 9.53 Å². The fourth-order valence-electron chi connectivity index (χ4n) is 3.76. The molecule has 0 saturated carbocycles. The third-order valence-electron chi connectivity index (χ3n) is 5.34. The Balaban J connectivity index is 1.52. The van der Waals surface area contributed by atoms with Gasteiger partial charge in [-0.05, 0) is 81.8 Å². The molecule has 1 N–H and O–H groups in total. The zero-order chi connectivity index (χ0) is 22.6. The van der Waals surface area contributed by atoms with Gasteiger partial charge in [0.15, 0.2) is 0 Å². The van der Waals surface area contributed by atoms with E-state index in [1.54, 1.807) is 0 Å². The van der Waals surface area contributed by atoms with E-state index in [1.807, 2.05) is 83.4 Å². The van der Waals surface area contributed by atoms with Gasteiger partial charge in [-0.3, -0.25) is 4.79 Å². The third-order valence-corrected chi connectivity index (χ3v) is 5.34. The van der Waals surface area contributed by atoms with E-state index in [-0.39, 0.29) is 11.3 Å². The molecule has 0 saturated heterocycles. The molecule has 0 aliphatic rings. The van der Waals surface area contributed by atoms with Crippen molar-refractivity contribution in [2.24, 2.45) is 0 Å². The second-order valence-electron chi connectivity index (χ2n) is 9.00. The smallest absolute Gasteiger partial charge is 0.210 e. The van der Waals surface area contributed by atoms with Crippen LogP contribution in [-0.2, 0) is 0 Å². The van der Waals surface area contributed by atoms with Gasteiger partial charge in [-0.1, -0.05) is 36.4 Å². The van der Waals surface area contributed by atoms with E-state index in [0.717, 1.165) is 35.4 Å². The minimum atomic E-state index is -0.00372. The Labute approximate surface area is 189 Å². The lowest BCUT2D eigenvalue weighted by Gasteiger charge is -2.20. The van der Waals surface area contributed by atoms with Crippen molar-refractivity contribution in [3.63, 3.8) is 0 Å². The molecular weight excluding hydrogens is 396 g/mol. The molecule has 0 fully saturated rings. The van der Waals surface area contributed by atoms with Crippen molar-refractivity contribution in [3.8, 4) is 16.9 Å². The Morgan fingerprint density at radius 2 is 1.66 bits per heavy atom. The third kappa shape index (κ3) is 5.09. The number of fused-ring (bicyclic) bond motifs is 1. The predicted molar refractivity (Wildman–Crippen MR) is 131 cm³/mol. The Hall–Kier alpha value is -3.37. The van der Waals surface area contributed by atoms with E-state index in [2.05, 4.69) is 32.2 Å². The average molecular weight is 427 g/mol. The molecule has 4 rings (SSSR count). The molecule has 4 heteroatoms. The van der Waals surface area contributed by atoms with Crippen LogP contribution in [0.25, 0.3) is 16.6 Å². The van der Waals surface area contributed by atoms with E-state index in [9.17, 15) is 4.79 Å². The summed E-state index contributed by atoms with van der Waals surface area (Å²) in [6, 6.07) is 25.5. The highest BCUT2D eigenvalue weighted by molar-refractivity contribution is 6.13. The summed E-state index contributed by atoms with van der Waals surface area (Å²) < 4.78 is 7.82. The van der Waals surface area contributed by atoms with E-state index in [1.165, 1.54) is 0 Å². The van der Waals surface area contributed by atoms with Gasteiger partial charge in [0.25, 0.3) is 0 Å². The summed E-state index contributed by atoms with van der Waals surface area (Å²) in [4.78, 5) is 13.6. The van der Waals surface area contributed by atoms with Gasteiger partial charge in [0, 0.05) is 28.4 Å². The SMILES string of the molecule is CC(C)(C)NCCCOc1ccc(C(=O)c2c(-c3ccccc3)cc3ccccn23)cc1. The number of hydrogen-bond donors (Lipinski definition) is 1. The highest BCUT2D eigenvalue weighted by Crippen LogP contribution is 2.30. The monoisotopic (exact) mass is 426 g/mol. The molecule has 32 heavy (non-hydrogen) atoms. The number of rotatable bonds is 8. The minimum Gasteiger partial charge on any atom is -0.494 e. The number of ether oxygens (including phenoxy) is 1. The van der Waals surface area contributed by atoms with Crippen LogP contribution in [0.4, 0.5) is 0 Å². The van der Waals surface area contributed by atoms with Gasteiger partial charge in [0.2, 0.25) is 5.78 Å². The molecule has 2 aromatic heterocycles. The van der Waals surface area contributed by atoms with Crippen molar-refractivity contribution in [2.45, 2.75) is 32.7 Å². The first-order chi connectivity index (χ1) is 15.4. The van der Waals surface area contributed by atoms with Crippen LogP contribution in [0.1, 0.15) is 43.2 Å². The number of hydrogen-bond acceptors (Lipinski definition) is 3. The van der Waals surface area contributed by atoms with Crippen LogP contribution in [0.15, 0.2) is 85.1 Å². The van der Waals surface area contributed by atoms with Crippen LogP contribution < -0.4 is 10.1 Å². The topological polar surface area (TPSA) is 42.7 Å². The van der Waals surface area contributed by atoms with Crippen LogP contribution in [0.2, 0.25) is 0 Å². The summed E-state index contributed by atoms with van der Waals surface area (Å²) in [7, 11) is 0. The summed E-state index contributed by atoms with van der Waals surface area (Å²) in [6.07, 6.45) is 2.87. The van der Waals surface area contributed by atoms with Gasteiger partial charge < -0.3 is 14.5 Å². The van der Waals surface area contributed by atoms with Crippen molar-refractivity contribution in [1.82, 2.24) is 9.72 Å². The number of nitrogens with one attached hydrogen (secondary N) is 1. The quantitative estimate of drug-likeness (QED) is 0.278. The van der Waals surface area contributed by atoms with Crippen molar-refractivity contribution in [3.05, 3.63) is 96.3 Å². The number of benzene rings is 2. The van der Waals surface area contributed by atoms with Gasteiger partial charge in [-0.2, -0.15) is 0 Å². The highest BCUT2D eigenvalue weighted by atomic mass is 16.5. The molecule has 0 aliphatic heterocycles. The first-order valence-electron chi connectivity index (χ1n) is 11.1. The molecule has 0 unspecified atom stereocenters. The maximum Gasteiger partial charge on any atom is 0.210 e. The number of carbonyl (C=O) groups excluding carboxylic acids is 1. The van der Waals surface area contributed by atoms with Crippen LogP contribution in [0.3, 0.4) is 0 Å². The second kappa shape index (κ2) is 9.41. The first-order valence-corrected chi connectivity index (χ1v) is 11.1. The zero-order valence-electron chi connectivity index (χ0n) is 19.0. The molecule has 0 amide bonds. The predicted octanol–water partition coefficient (Wildman–Crippen LogP) is 5.99. The lowest BCUT2D eigenvalue weighted by molar-refractivity contribution is 0.103. The summed E-state index contributed by atoms with van der Waals surface area (Å²) >= 11 is 0. The molecule has 4 nitrogen and oxygen atoms in total. The fourth-order valence-corrected chi connectivity index (χ4v) is 3.76. The summed E-state index contributed by atoms with van der Waals surface area (Å²) in [6.45, 7) is 8.00. The van der Waals surface area contributed by atoms with Gasteiger partial charge in [-0.25, -0.2) is 0 Å². The molecular formula is C28H30N2O2. The van der Waals surface area contributed by atoms with Crippen LogP contribution >= 0.6 is 0 Å². The normalized spacial score (nSPS) is 11.6. The van der Waals surface area contributed by atoms with Crippen molar-refractivity contribution >= 4 is 11.3 Å². The standard InChI is InChI=1S/C28H30N2O2/c1-28(2,3)29-17-9-19-32-24-15-13-22(14-16-24)27(31)26-25(21-10-5-4-6-11-21)20-23-12-7-8-18-30(23)26/h4-8,10-16,18,20,29H,9,17,19H2,1-3H3. The van der Waals surface area contributed by atoms with Crippen LogP contribution in [0.5, 0.6) is 5.75 Å². The zero-order valence-corrected chi connectivity index (χ0v) is 19.0. The van der Waals surface area contributed by atoms with Crippen molar-refractivity contribution in [1.29, 1.82) is 0 Å². The Morgan fingerprint density at radius 3 is 2.38 bits per heavy atom. The summed E-state index contributed by atoms with van der Waals surface area (Å²) in [5, 5.41) is 3.45. The van der Waals surface area contributed by atoms with Gasteiger partial charge in [0.05, 0.1) is 6.61 Å². The largest absolute Gasteiger partial charge is 0.494 e. The number of ketones is 1. The Morgan fingerprint density at radius 1 is 0.938 bits per heavy atom. The fraction of sp³-hybridized carbons (Fsp3) is 0.250. The lowest BCUT2D eigenvalue weighted by Crippen LogP contribution is -2.36. The number of pyridine rings is 1. The summed E-state index contributed by atoms with van der Waals surface area (Å²) in [5.41, 5.74) is 4.40. The molecule has 4 aromatic rings. The second-order valence-corrected chi connectivity index (χ2v) is 9.00. The molecule has 0 atom stereocenters. The minimum absolute atomic E-state index is 0.00372. The van der Waals surface area contributed by atoms with Crippen LogP contribution in [-0.4, -0.2) is 28.9 Å². The molecule has 2 heterocycles. The van der Waals surface area contributed by atoms with Gasteiger partial charge in [-0.15, -0.1) is 0 Å². The average Bonchev–Trinajstić information content (AvgIpc) is 3.18. The molecule has 0 spiro atoms. The molecule has 0 bridgehead atoms. The van der Waals surface area contributed by atoms with Crippen molar-refractivity contribution in [2.75, 3.05) is 13.2 Å². The van der Waals surface area contributed by atoms with E-state index in [0.29, 0.717) is 17.9 Å². The Kier molecular flexibility index (Phi) is 6.42. The Bertz CT molecular complexity index is 1190. The highest BCUT2D eigenvalue weighted by Gasteiger charge is 2.20. The van der Waals surface area contributed by atoms with Crippen LogP contribution in [0, 0.1) is 0 Å². The maximum atomic E-state index is 13.6. The van der Waals surface area contributed by atoms with E-state index < -0.39 is 0 Å². The molecule has 0 radical (unpaired) electrons. The molecule has 164 valence electrons. The number of nitrogens with zero attached hydrogens (tertiary/aromatic N) is 1. The van der Waals surface area contributed by atoms with Gasteiger partial charge >= 0.3 is 0 Å². The van der Waals surface area contributed by atoms with E-state index >= 15 is 0 Å². The van der Waals surface area contributed by atoms with E-state index in [4.69, 9.17) is 4.74 Å². The first kappa shape index (κ1) is 21.8. The number of aromatic nitrogens is 1. The number of carbonyl (C=O) groups is 1.